The minimum Gasteiger partial charge on any atom is -0.255 e. The molecule has 0 unspecified atom stereocenters. The van der Waals surface area contributed by atoms with E-state index in [1.165, 1.54) is 0 Å². The van der Waals surface area contributed by atoms with Gasteiger partial charge in [0.25, 0.3) is 0 Å². The number of hydrogen-bond donors (Lipinski definition) is 0. The second kappa shape index (κ2) is 6.74. The predicted molar refractivity (Wildman–Crippen MR) is 95.5 cm³/mol. The standard InChI is InChI=1S/C19H22N2O2S/c1-12(2)10-17-16(11-20)18(15-8-6-13(3)7-9-15)19(14(4)21-17)24(5,22)23/h6-9,12H,10H2,1-5H3. The van der Waals surface area contributed by atoms with Crippen LogP contribution in [0.15, 0.2) is 29.2 Å². The minimum absolute atomic E-state index is 0.149. The van der Waals surface area contributed by atoms with Crippen molar-refractivity contribution in [3.63, 3.8) is 0 Å². The van der Waals surface area contributed by atoms with Gasteiger partial charge >= 0.3 is 0 Å². The van der Waals surface area contributed by atoms with Gasteiger partial charge in [-0.1, -0.05) is 43.7 Å². The first kappa shape index (κ1) is 18.2. The van der Waals surface area contributed by atoms with E-state index in [4.69, 9.17) is 0 Å². The van der Waals surface area contributed by atoms with Crippen LogP contribution >= 0.6 is 0 Å². The van der Waals surface area contributed by atoms with Gasteiger partial charge in [-0.2, -0.15) is 5.26 Å². The molecule has 1 heterocycles. The molecular weight excluding hydrogens is 320 g/mol. The maximum Gasteiger partial charge on any atom is 0.177 e. The van der Waals surface area contributed by atoms with Crippen molar-refractivity contribution in [2.45, 2.75) is 39.0 Å². The average Bonchev–Trinajstić information content (AvgIpc) is 2.45. The third kappa shape index (κ3) is 3.65. The van der Waals surface area contributed by atoms with E-state index in [1.54, 1.807) is 6.92 Å². The van der Waals surface area contributed by atoms with Crippen molar-refractivity contribution in [3.05, 3.63) is 46.8 Å². The molecule has 0 fully saturated rings. The Balaban J connectivity index is 2.93. The molecule has 0 aliphatic heterocycles. The van der Waals surface area contributed by atoms with E-state index in [0.29, 0.717) is 34.9 Å². The van der Waals surface area contributed by atoms with Crippen molar-refractivity contribution in [1.29, 1.82) is 5.26 Å². The Morgan fingerprint density at radius 2 is 1.75 bits per heavy atom. The summed E-state index contributed by atoms with van der Waals surface area (Å²) in [4.78, 5) is 4.60. The summed E-state index contributed by atoms with van der Waals surface area (Å²) in [5.74, 6) is 0.318. The second-order valence-electron chi connectivity index (χ2n) is 6.57. The van der Waals surface area contributed by atoms with Crippen LogP contribution in [0.5, 0.6) is 0 Å². The Labute approximate surface area is 144 Å². The van der Waals surface area contributed by atoms with E-state index in [1.807, 2.05) is 45.0 Å². The first-order valence-electron chi connectivity index (χ1n) is 7.85. The fourth-order valence-corrected chi connectivity index (χ4v) is 4.02. The molecule has 0 N–H and O–H groups in total. The molecule has 126 valence electrons. The van der Waals surface area contributed by atoms with Gasteiger partial charge in [0.15, 0.2) is 9.84 Å². The number of benzene rings is 1. The van der Waals surface area contributed by atoms with Gasteiger partial charge in [-0.15, -0.1) is 0 Å². The van der Waals surface area contributed by atoms with Crippen LogP contribution in [0, 0.1) is 31.1 Å². The summed E-state index contributed by atoms with van der Waals surface area (Å²) < 4.78 is 24.7. The van der Waals surface area contributed by atoms with E-state index in [9.17, 15) is 13.7 Å². The van der Waals surface area contributed by atoms with Crippen molar-refractivity contribution in [2.24, 2.45) is 5.92 Å². The van der Waals surface area contributed by atoms with Crippen LogP contribution in [0.25, 0.3) is 11.1 Å². The van der Waals surface area contributed by atoms with Gasteiger partial charge in [-0.05, 0) is 31.7 Å². The highest BCUT2D eigenvalue weighted by Crippen LogP contribution is 2.34. The lowest BCUT2D eigenvalue weighted by atomic mass is 9.94. The van der Waals surface area contributed by atoms with Crippen LogP contribution in [0.4, 0.5) is 0 Å². The largest absolute Gasteiger partial charge is 0.255 e. The molecule has 2 rings (SSSR count). The summed E-state index contributed by atoms with van der Waals surface area (Å²) in [6.07, 6.45) is 1.80. The van der Waals surface area contributed by atoms with Gasteiger partial charge in [0.1, 0.15) is 6.07 Å². The average molecular weight is 342 g/mol. The first-order chi connectivity index (χ1) is 11.1. The minimum atomic E-state index is -3.51. The number of sulfone groups is 1. The molecule has 5 heteroatoms. The lowest BCUT2D eigenvalue weighted by Crippen LogP contribution is -2.11. The van der Waals surface area contributed by atoms with Crippen LogP contribution in [0.1, 0.15) is 36.4 Å². The molecular formula is C19H22N2O2S. The zero-order valence-electron chi connectivity index (χ0n) is 14.7. The summed E-state index contributed by atoms with van der Waals surface area (Å²) in [5.41, 5.74) is 3.75. The van der Waals surface area contributed by atoms with Gasteiger partial charge in [0.2, 0.25) is 0 Å². The lowest BCUT2D eigenvalue weighted by Gasteiger charge is -2.17. The third-order valence-corrected chi connectivity index (χ3v) is 5.06. The molecule has 0 saturated carbocycles. The molecule has 4 nitrogen and oxygen atoms in total. The van der Waals surface area contributed by atoms with E-state index in [-0.39, 0.29) is 4.90 Å². The maximum atomic E-state index is 12.4. The van der Waals surface area contributed by atoms with Crippen LogP contribution in [0.3, 0.4) is 0 Å². The van der Waals surface area contributed by atoms with Crippen molar-refractivity contribution >= 4 is 9.84 Å². The van der Waals surface area contributed by atoms with E-state index in [0.717, 1.165) is 17.4 Å². The second-order valence-corrected chi connectivity index (χ2v) is 8.52. The van der Waals surface area contributed by atoms with Gasteiger partial charge < -0.3 is 0 Å². The topological polar surface area (TPSA) is 70.8 Å². The number of rotatable bonds is 4. The molecule has 2 aromatic rings. The molecule has 0 bridgehead atoms. The van der Waals surface area contributed by atoms with Gasteiger partial charge in [-0.3, -0.25) is 4.98 Å². The molecule has 1 aromatic carbocycles. The summed E-state index contributed by atoms with van der Waals surface area (Å²) in [5, 5.41) is 9.72. The Bertz CT molecular complexity index is 906. The van der Waals surface area contributed by atoms with E-state index >= 15 is 0 Å². The van der Waals surface area contributed by atoms with Crippen LogP contribution < -0.4 is 0 Å². The molecule has 0 spiro atoms. The van der Waals surface area contributed by atoms with Crippen molar-refractivity contribution in [1.82, 2.24) is 4.98 Å². The van der Waals surface area contributed by atoms with Crippen molar-refractivity contribution < 1.29 is 8.42 Å². The molecule has 0 radical (unpaired) electrons. The third-order valence-electron chi connectivity index (χ3n) is 3.82. The Kier molecular flexibility index (Phi) is 5.10. The number of aromatic nitrogens is 1. The molecule has 1 aromatic heterocycles. The van der Waals surface area contributed by atoms with Crippen LogP contribution in [0.2, 0.25) is 0 Å². The van der Waals surface area contributed by atoms with Gasteiger partial charge in [0.05, 0.1) is 21.8 Å². The Hall–Kier alpha value is -2.19. The summed E-state index contributed by atoms with van der Waals surface area (Å²) in [6, 6.07) is 9.75. The fraction of sp³-hybridized carbons (Fsp3) is 0.368. The summed E-state index contributed by atoms with van der Waals surface area (Å²) in [7, 11) is -3.51. The number of hydrogen-bond acceptors (Lipinski definition) is 4. The smallest absolute Gasteiger partial charge is 0.177 e. The number of pyridine rings is 1. The van der Waals surface area contributed by atoms with Crippen LogP contribution in [-0.4, -0.2) is 19.7 Å². The number of nitriles is 1. The fourth-order valence-electron chi connectivity index (χ4n) is 2.85. The monoisotopic (exact) mass is 342 g/mol. The van der Waals surface area contributed by atoms with Gasteiger partial charge in [-0.25, -0.2) is 8.42 Å². The number of aryl methyl sites for hydroxylation is 2. The van der Waals surface area contributed by atoms with Crippen molar-refractivity contribution in [2.75, 3.05) is 6.26 Å². The quantitative estimate of drug-likeness (QED) is 0.846. The molecule has 0 atom stereocenters. The lowest BCUT2D eigenvalue weighted by molar-refractivity contribution is 0.600. The Morgan fingerprint density at radius 3 is 2.21 bits per heavy atom. The molecule has 24 heavy (non-hydrogen) atoms. The highest BCUT2D eigenvalue weighted by atomic mass is 32.2. The highest BCUT2D eigenvalue weighted by Gasteiger charge is 2.25. The highest BCUT2D eigenvalue weighted by molar-refractivity contribution is 7.90. The SMILES string of the molecule is Cc1ccc(-c2c(C#N)c(CC(C)C)nc(C)c2S(C)(=O)=O)cc1. The summed E-state index contributed by atoms with van der Waals surface area (Å²) in [6.45, 7) is 7.76. The van der Waals surface area contributed by atoms with E-state index in [2.05, 4.69) is 11.1 Å². The van der Waals surface area contributed by atoms with Crippen molar-refractivity contribution in [3.8, 4) is 17.2 Å². The normalized spacial score (nSPS) is 11.5. The first-order valence-corrected chi connectivity index (χ1v) is 9.75. The molecule has 0 aliphatic rings. The maximum absolute atomic E-state index is 12.4. The zero-order valence-corrected chi connectivity index (χ0v) is 15.5. The molecule has 0 amide bonds. The van der Waals surface area contributed by atoms with Crippen LogP contribution in [-0.2, 0) is 16.3 Å². The zero-order chi connectivity index (χ0) is 18.1. The number of nitrogens with zero attached hydrogens (tertiary/aromatic N) is 2. The molecule has 0 saturated heterocycles. The summed E-state index contributed by atoms with van der Waals surface area (Å²) >= 11 is 0. The Morgan fingerprint density at radius 1 is 1.17 bits per heavy atom. The van der Waals surface area contributed by atoms with Gasteiger partial charge in [0, 0.05) is 11.8 Å². The van der Waals surface area contributed by atoms with E-state index < -0.39 is 9.84 Å². The predicted octanol–water partition coefficient (Wildman–Crippen LogP) is 3.84. The molecule has 0 aliphatic carbocycles.